The lowest BCUT2D eigenvalue weighted by Gasteiger charge is -2.33. The second-order valence-corrected chi connectivity index (χ2v) is 7.10. The lowest BCUT2D eigenvalue weighted by atomic mass is 9.88. The summed E-state index contributed by atoms with van der Waals surface area (Å²) in [5.74, 6) is -0.847. The van der Waals surface area contributed by atoms with E-state index in [1.54, 1.807) is 34.7 Å². The highest BCUT2D eigenvalue weighted by Crippen LogP contribution is 2.66. The molecule has 1 saturated carbocycles. The molecule has 0 spiro atoms. The summed E-state index contributed by atoms with van der Waals surface area (Å²) >= 11 is 0. The lowest BCUT2D eigenvalue weighted by Crippen LogP contribution is -2.47. The van der Waals surface area contributed by atoms with E-state index in [-0.39, 0.29) is 5.41 Å². The lowest BCUT2D eigenvalue weighted by molar-refractivity contribution is -0.147. The topological polar surface area (TPSA) is 66.8 Å². The summed E-state index contributed by atoms with van der Waals surface area (Å²) in [7, 11) is 1.60. The summed E-state index contributed by atoms with van der Waals surface area (Å²) in [6.07, 6.45) is 0.0900. The summed E-state index contributed by atoms with van der Waals surface area (Å²) in [5, 5.41) is 9.49. The third-order valence-electron chi connectivity index (χ3n) is 4.16. The second-order valence-electron chi connectivity index (χ2n) is 7.10. The Hall–Kier alpha value is -1.26. The van der Waals surface area contributed by atoms with Gasteiger partial charge in [-0.15, -0.1) is 0 Å². The van der Waals surface area contributed by atoms with Gasteiger partial charge in [0.15, 0.2) is 0 Å². The molecule has 5 nitrogen and oxygen atoms in total. The van der Waals surface area contributed by atoms with Crippen LogP contribution in [0.1, 0.15) is 48.0 Å². The van der Waals surface area contributed by atoms with Crippen molar-refractivity contribution in [3.05, 3.63) is 0 Å². The average molecular weight is 271 g/mol. The van der Waals surface area contributed by atoms with Crippen LogP contribution in [0.5, 0.6) is 0 Å². The molecule has 1 rings (SSSR count). The fraction of sp³-hybridized carbons (Fsp3) is 0.857. The molecule has 1 aliphatic rings. The Bertz CT molecular complexity index is 397. The third kappa shape index (κ3) is 2.69. The van der Waals surface area contributed by atoms with Gasteiger partial charge in [-0.05, 0) is 39.5 Å². The molecular weight excluding hydrogens is 246 g/mol. The van der Waals surface area contributed by atoms with Crippen molar-refractivity contribution in [1.82, 2.24) is 4.90 Å². The molecule has 0 radical (unpaired) electrons. The van der Waals surface area contributed by atoms with E-state index in [9.17, 15) is 14.7 Å². The van der Waals surface area contributed by atoms with Crippen LogP contribution in [-0.4, -0.2) is 40.8 Å². The summed E-state index contributed by atoms with van der Waals surface area (Å²) in [4.78, 5) is 25.0. The normalized spacial score (nSPS) is 26.5. The van der Waals surface area contributed by atoms with E-state index >= 15 is 0 Å². The number of ether oxygens (including phenoxy) is 1. The van der Waals surface area contributed by atoms with Gasteiger partial charge in [0.1, 0.15) is 5.60 Å². The van der Waals surface area contributed by atoms with Crippen molar-refractivity contribution >= 4 is 12.1 Å². The van der Waals surface area contributed by atoms with Crippen LogP contribution >= 0.6 is 0 Å². The average Bonchev–Trinajstić information content (AvgIpc) is 2.78. The maximum Gasteiger partial charge on any atom is 0.410 e. The zero-order chi connectivity index (χ0) is 15.2. The fourth-order valence-corrected chi connectivity index (χ4v) is 2.73. The van der Waals surface area contributed by atoms with Crippen LogP contribution in [0.4, 0.5) is 4.79 Å². The largest absolute Gasteiger partial charge is 0.481 e. The van der Waals surface area contributed by atoms with Gasteiger partial charge in [0.25, 0.3) is 0 Å². The highest BCUT2D eigenvalue weighted by atomic mass is 16.6. The number of carboxylic acid groups (broad SMARTS) is 1. The Kier molecular flexibility index (Phi) is 3.65. The summed E-state index contributed by atoms with van der Waals surface area (Å²) in [6, 6.07) is -0.408. The molecule has 110 valence electrons. The van der Waals surface area contributed by atoms with E-state index in [1.165, 1.54) is 4.90 Å². The minimum atomic E-state index is -0.876. The van der Waals surface area contributed by atoms with Crippen molar-refractivity contribution in [2.45, 2.75) is 59.6 Å². The number of amides is 1. The van der Waals surface area contributed by atoms with Gasteiger partial charge in [-0.3, -0.25) is 4.79 Å². The first kappa shape index (κ1) is 15.8. The van der Waals surface area contributed by atoms with Gasteiger partial charge in [0.05, 0.1) is 5.41 Å². The molecule has 1 aliphatic carbocycles. The first-order chi connectivity index (χ1) is 8.35. The summed E-state index contributed by atoms with van der Waals surface area (Å²) < 4.78 is 5.29. The number of hydrogen-bond acceptors (Lipinski definition) is 3. The number of rotatable bonds is 3. The van der Waals surface area contributed by atoms with Crippen LogP contribution in [0.25, 0.3) is 0 Å². The standard InChI is InChI=1S/C14H25NO4/c1-9(14(10(16)17)8-13(14,5)6)15(7)11(18)19-12(2,3)4/h9H,8H2,1-7H3,(H,16,17). The molecule has 1 fully saturated rings. The molecular formula is C14H25NO4. The van der Waals surface area contributed by atoms with Crippen LogP contribution in [0.3, 0.4) is 0 Å². The molecule has 0 heterocycles. The van der Waals surface area contributed by atoms with Crippen LogP contribution in [0.2, 0.25) is 0 Å². The molecule has 0 bridgehead atoms. The molecule has 19 heavy (non-hydrogen) atoms. The van der Waals surface area contributed by atoms with Gasteiger partial charge in [-0.1, -0.05) is 13.8 Å². The molecule has 1 N–H and O–H groups in total. The monoisotopic (exact) mass is 271 g/mol. The number of carbonyl (C=O) groups excluding carboxylic acids is 1. The molecule has 0 aromatic carbocycles. The Balaban J connectivity index is 2.86. The van der Waals surface area contributed by atoms with E-state index in [4.69, 9.17) is 4.74 Å². The Morgan fingerprint density at radius 1 is 1.32 bits per heavy atom. The van der Waals surface area contributed by atoms with Crippen LogP contribution in [0, 0.1) is 10.8 Å². The van der Waals surface area contributed by atoms with Gasteiger partial charge in [0.2, 0.25) is 0 Å². The SMILES string of the molecule is CC(N(C)C(=O)OC(C)(C)C)C1(C(=O)O)CC1(C)C. The van der Waals surface area contributed by atoms with E-state index in [0.29, 0.717) is 6.42 Å². The van der Waals surface area contributed by atoms with Gasteiger partial charge in [0, 0.05) is 13.1 Å². The molecule has 0 aromatic rings. The maximum absolute atomic E-state index is 12.0. The summed E-state index contributed by atoms with van der Waals surface area (Å²) in [6.45, 7) is 11.0. The maximum atomic E-state index is 12.0. The highest BCUT2D eigenvalue weighted by Gasteiger charge is 2.70. The van der Waals surface area contributed by atoms with E-state index in [1.807, 2.05) is 13.8 Å². The van der Waals surface area contributed by atoms with Gasteiger partial charge in [-0.25, -0.2) is 4.79 Å². The van der Waals surface area contributed by atoms with Crippen molar-refractivity contribution in [3.63, 3.8) is 0 Å². The van der Waals surface area contributed by atoms with E-state index in [0.717, 1.165) is 0 Å². The molecule has 2 unspecified atom stereocenters. The molecule has 2 atom stereocenters. The second kappa shape index (κ2) is 4.39. The zero-order valence-electron chi connectivity index (χ0n) is 12.9. The number of hydrogen-bond donors (Lipinski definition) is 1. The van der Waals surface area contributed by atoms with Crippen LogP contribution in [0.15, 0.2) is 0 Å². The smallest absolute Gasteiger partial charge is 0.410 e. The number of carboxylic acids is 1. The third-order valence-corrected chi connectivity index (χ3v) is 4.16. The number of aliphatic carboxylic acids is 1. The van der Waals surface area contributed by atoms with Crippen LogP contribution in [-0.2, 0) is 9.53 Å². The van der Waals surface area contributed by atoms with Crippen molar-refractivity contribution in [2.24, 2.45) is 10.8 Å². The van der Waals surface area contributed by atoms with Crippen molar-refractivity contribution in [2.75, 3.05) is 7.05 Å². The molecule has 0 saturated heterocycles. The molecule has 0 aliphatic heterocycles. The van der Waals surface area contributed by atoms with Crippen molar-refractivity contribution < 1.29 is 19.4 Å². The van der Waals surface area contributed by atoms with Gasteiger partial charge < -0.3 is 14.7 Å². The zero-order valence-corrected chi connectivity index (χ0v) is 12.9. The molecule has 1 amide bonds. The Labute approximate surface area is 114 Å². The first-order valence-electron chi connectivity index (χ1n) is 6.54. The minimum absolute atomic E-state index is 0.297. The van der Waals surface area contributed by atoms with Gasteiger partial charge >= 0.3 is 12.1 Å². The molecule has 5 heteroatoms. The van der Waals surface area contributed by atoms with Gasteiger partial charge in [-0.2, -0.15) is 0 Å². The number of nitrogens with zero attached hydrogens (tertiary/aromatic N) is 1. The Morgan fingerprint density at radius 3 is 2.00 bits per heavy atom. The predicted octanol–water partition coefficient (Wildman–Crippen LogP) is 2.74. The fourth-order valence-electron chi connectivity index (χ4n) is 2.73. The van der Waals surface area contributed by atoms with E-state index in [2.05, 4.69) is 0 Å². The molecule has 0 aromatic heterocycles. The first-order valence-corrected chi connectivity index (χ1v) is 6.54. The van der Waals surface area contributed by atoms with Crippen molar-refractivity contribution in [1.29, 1.82) is 0 Å². The Morgan fingerprint density at radius 2 is 1.74 bits per heavy atom. The van der Waals surface area contributed by atoms with Crippen molar-refractivity contribution in [3.8, 4) is 0 Å². The minimum Gasteiger partial charge on any atom is -0.481 e. The number of carbonyl (C=O) groups is 2. The van der Waals surface area contributed by atoms with E-state index < -0.39 is 29.1 Å². The predicted molar refractivity (Wildman–Crippen MR) is 71.9 cm³/mol. The van der Waals surface area contributed by atoms with Crippen LogP contribution < -0.4 is 0 Å². The highest BCUT2D eigenvalue weighted by molar-refractivity contribution is 5.82. The quantitative estimate of drug-likeness (QED) is 0.857. The summed E-state index contributed by atoms with van der Waals surface area (Å²) in [5.41, 5.74) is -1.76.